The molecule has 2 fully saturated rings. The van der Waals surface area contributed by atoms with E-state index < -0.39 is 5.60 Å². The summed E-state index contributed by atoms with van der Waals surface area (Å²) >= 11 is 0. The number of carbonyl (C=O) groups is 2. The largest absolute Gasteiger partial charge is 0.431 e. The lowest BCUT2D eigenvalue weighted by Gasteiger charge is -2.42. The van der Waals surface area contributed by atoms with Crippen molar-refractivity contribution in [1.82, 2.24) is 14.8 Å². The average Bonchev–Trinajstić information content (AvgIpc) is 3.22. The van der Waals surface area contributed by atoms with E-state index in [1.807, 2.05) is 84.9 Å². The first-order valence-electron chi connectivity index (χ1n) is 11.7. The summed E-state index contributed by atoms with van der Waals surface area (Å²) in [4.78, 5) is 34.4. The second-order valence-electron chi connectivity index (χ2n) is 8.80. The number of benzene rings is 3. The highest BCUT2D eigenvalue weighted by atomic mass is 16.6. The minimum absolute atomic E-state index is 0.213. The summed E-state index contributed by atoms with van der Waals surface area (Å²) in [7, 11) is 0. The van der Waals surface area contributed by atoms with Crippen LogP contribution in [-0.2, 0) is 10.3 Å². The van der Waals surface area contributed by atoms with Crippen molar-refractivity contribution in [3.8, 4) is 0 Å². The van der Waals surface area contributed by atoms with Crippen LogP contribution in [0.15, 0.2) is 97.2 Å². The third-order valence-corrected chi connectivity index (χ3v) is 6.92. The standard InChI is InChI=1S/C28H24N4O3/c33-26(30-24-15-16-29-23-14-8-7-13-22(23)24)31-17-18-32-25(19-31)28(35-27(32)34,20-9-3-1-4-10-20)21-11-5-2-6-12-21/h1-16,25H,17-19H2,(H,29,30,33). The number of rotatable bonds is 3. The van der Waals surface area contributed by atoms with Crippen LogP contribution < -0.4 is 5.32 Å². The zero-order valence-corrected chi connectivity index (χ0v) is 19.0. The Morgan fingerprint density at radius 3 is 2.26 bits per heavy atom. The Hall–Kier alpha value is -4.39. The Morgan fingerprint density at radius 1 is 0.886 bits per heavy atom. The number of piperazine rings is 1. The van der Waals surface area contributed by atoms with E-state index in [-0.39, 0.29) is 18.2 Å². The average molecular weight is 465 g/mol. The first kappa shape index (κ1) is 21.2. The topological polar surface area (TPSA) is 74.8 Å². The van der Waals surface area contributed by atoms with Crippen LogP contribution in [0.1, 0.15) is 11.1 Å². The normalized spacial score (nSPS) is 18.7. The number of hydrogen-bond donors (Lipinski definition) is 1. The number of urea groups is 1. The molecule has 4 aromatic rings. The van der Waals surface area contributed by atoms with Gasteiger partial charge in [0.2, 0.25) is 0 Å². The predicted molar refractivity (Wildman–Crippen MR) is 133 cm³/mol. The molecule has 1 atom stereocenters. The number of aromatic nitrogens is 1. The molecule has 1 aromatic heterocycles. The highest BCUT2D eigenvalue weighted by molar-refractivity contribution is 6.00. The van der Waals surface area contributed by atoms with E-state index in [9.17, 15) is 9.59 Å². The van der Waals surface area contributed by atoms with Gasteiger partial charge in [0.1, 0.15) is 6.04 Å². The maximum absolute atomic E-state index is 13.4. The number of pyridine rings is 1. The highest BCUT2D eigenvalue weighted by Crippen LogP contribution is 2.45. The fourth-order valence-electron chi connectivity index (χ4n) is 5.24. The van der Waals surface area contributed by atoms with Crippen molar-refractivity contribution in [1.29, 1.82) is 0 Å². The molecule has 3 amide bonds. The molecule has 2 saturated heterocycles. The molecule has 3 aromatic carbocycles. The molecule has 2 aliphatic rings. The van der Waals surface area contributed by atoms with E-state index in [1.165, 1.54) is 0 Å². The van der Waals surface area contributed by atoms with E-state index in [1.54, 1.807) is 22.1 Å². The van der Waals surface area contributed by atoms with Crippen molar-refractivity contribution < 1.29 is 14.3 Å². The van der Waals surface area contributed by atoms with Crippen molar-refractivity contribution in [3.05, 3.63) is 108 Å². The number of carbonyl (C=O) groups excluding carboxylic acids is 2. The molecule has 174 valence electrons. The van der Waals surface area contributed by atoms with Gasteiger partial charge in [-0.2, -0.15) is 0 Å². The van der Waals surface area contributed by atoms with E-state index in [0.29, 0.717) is 25.3 Å². The summed E-state index contributed by atoms with van der Waals surface area (Å²) in [6.07, 6.45) is 1.33. The van der Waals surface area contributed by atoms with Gasteiger partial charge in [0.15, 0.2) is 5.60 Å². The molecular weight excluding hydrogens is 440 g/mol. The number of anilines is 1. The maximum Gasteiger partial charge on any atom is 0.411 e. The molecule has 0 spiro atoms. The summed E-state index contributed by atoms with van der Waals surface area (Å²) in [6.45, 7) is 1.15. The Labute approximate surface area is 202 Å². The van der Waals surface area contributed by atoms with Crippen LogP contribution in [0.2, 0.25) is 0 Å². The van der Waals surface area contributed by atoms with Crippen molar-refractivity contribution >= 4 is 28.7 Å². The Kier molecular flexibility index (Phi) is 5.10. The van der Waals surface area contributed by atoms with Crippen molar-refractivity contribution in [2.24, 2.45) is 0 Å². The number of cyclic esters (lactones) is 1. The fraction of sp³-hybridized carbons (Fsp3) is 0.179. The number of nitrogens with zero attached hydrogens (tertiary/aromatic N) is 3. The molecule has 35 heavy (non-hydrogen) atoms. The van der Waals surface area contributed by atoms with Gasteiger partial charge < -0.3 is 15.0 Å². The molecule has 6 rings (SSSR count). The van der Waals surface area contributed by atoms with Gasteiger partial charge in [0.25, 0.3) is 0 Å². The minimum atomic E-state index is -1.01. The van der Waals surface area contributed by atoms with Gasteiger partial charge in [-0.15, -0.1) is 0 Å². The van der Waals surface area contributed by atoms with Gasteiger partial charge in [0.05, 0.1) is 11.2 Å². The van der Waals surface area contributed by atoms with Crippen molar-refractivity contribution in [2.75, 3.05) is 25.0 Å². The summed E-state index contributed by atoms with van der Waals surface area (Å²) in [5, 5.41) is 3.93. The summed E-state index contributed by atoms with van der Waals surface area (Å²) in [6, 6.07) is 28.5. The zero-order valence-electron chi connectivity index (χ0n) is 19.0. The highest BCUT2D eigenvalue weighted by Gasteiger charge is 2.58. The van der Waals surface area contributed by atoms with E-state index in [2.05, 4.69) is 10.3 Å². The van der Waals surface area contributed by atoms with Crippen molar-refractivity contribution in [2.45, 2.75) is 11.6 Å². The number of ether oxygens (including phenoxy) is 1. The number of fused-ring (bicyclic) bond motifs is 2. The molecule has 7 heteroatoms. The van der Waals surface area contributed by atoms with Gasteiger partial charge in [-0.1, -0.05) is 78.9 Å². The molecule has 0 bridgehead atoms. The number of hydrogen-bond acceptors (Lipinski definition) is 4. The lowest BCUT2D eigenvalue weighted by Crippen LogP contribution is -2.59. The number of amides is 3. The molecule has 1 N–H and O–H groups in total. The second-order valence-corrected chi connectivity index (χ2v) is 8.80. The van der Waals surface area contributed by atoms with Crippen LogP contribution in [0, 0.1) is 0 Å². The van der Waals surface area contributed by atoms with Crippen LogP contribution in [0.4, 0.5) is 15.3 Å². The maximum atomic E-state index is 13.4. The van der Waals surface area contributed by atoms with Gasteiger partial charge >= 0.3 is 12.1 Å². The quantitative estimate of drug-likeness (QED) is 0.471. The Morgan fingerprint density at radius 2 is 1.54 bits per heavy atom. The summed E-state index contributed by atoms with van der Waals surface area (Å²) in [5.74, 6) is 0. The molecular formula is C28H24N4O3. The Balaban J connectivity index is 1.35. The van der Waals surface area contributed by atoms with Crippen LogP contribution in [0.3, 0.4) is 0 Å². The van der Waals surface area contributed by atoms with Gasteiger partial charge in [-0.05, 0) is 12.1 Å². The molecule has 7 nitrogen and oxygen atoms in total. The number of para-hydroxylation sites is 1. The third kappa shape index (κ3) is 3.47. The van der Waals surface area contributed by atoms with Crippen LogP contribution in [0.5, 0.6) is 0 Å². The van der Waals surface area contributed by atoms with Crippen LogP contribution in [-0.4, -0.2) is 52.6 Å². The molecule has 2 aliphatic heterocycles. The smallest absolute Gasteiger partial charge is 0.411 e. The molecule has 0 radical (unpaired) electrons. The van der Waals surface area contributed by atoms with Gasteiger partial charge in [-0.25, -0.2) is 9.59 Å². The Bertz CT molecular complexity index is 1350. The van der Waals surface area contributed by atoms with E-state index >= 15 is 0 Å². The predicted octanol–water partition coefficient (Wildman–Crippen LogP) is 4.85. The number of nitrogens with one attached hydrogen (secondary N) is 1. The molecule has 0 aliphatic carbocycles. The molecule has 1 unspecified atom stereocenters. The van der Waals surface area contributed by atoms with Crippen molar-refractivity contribution in [3.63, 3.8) is 0 Å². The lowest BCUT2D eigenvalue weighted by atomic mass is 9.79. The van der Waals surface area contributed by atoms with E-state index in [4.69, 9.17) is 4.74 Å². The summed E-state index contributed by atoms with van der Waals surface area (Å²) < 4.78 is 6.19. The first-order chi connectivity index (χ1) is 17.2. The SMILES string of the molecule is O=C(Nc1ccnc2ccccc12)N1CCN2C(=O)OC(c3ccccc3)(c3ccccc3)C2C1. The fourth-order valence-corrected chi connectivity index (χ4v) is 5.24. The molecule has 3 heterocycles. The van der Waals surface area contributed by atoms with Gasteiger partial charge in [-0.3, -0.25) is 9.88 Å². The molecule has 0 saturated carbocycles. The van der Waals surface area contributed by atoms with Gasteiger partial charge in [0, 0.05) is 42.3 Å². The second kappa shape index (κ2) is 8.43. The first-order valence-corrected chi connectivity index (χ1v) is 11.7. The van der Waals surface area contributed by atoms with E-state index in [0.717, 1.165) is 22.0 Å². The van der Waals surface area contributed by atoms with Crippen LogP contribution in [0.25, 0.3) is 10.9 Å². The zero-order chi connectivity index (χ0) is 23.8. The monoisotopic (exact) mass is 464 g/mol. The third-order valence-electron chi connectivity index (χ3n) is 6.92. The van der Waals surface area contributed by atoms with Crippen LogP contribution >= 0.6 is 0 Å². The summed E-state index contributed by atoms with van der Waals surface area (Å²) in [5.41, 5.74) is 2.28. The lowest BCUT2D eigenvalue weighted by molar-refractivity contribution is 0.0525. The minimum Gasteiger partial charge on any atom is -0.431 e.